The van der Waals surface area contributed by atoms with Gasteiger partial charge in [0.05, 0.1) is 25.4 Å². The first-order chi connectivity index (χ1) is 14.1. The maximum Gasteiger partial charge on any atom is 0.257 e. The van der Waals surface area contributed by atoms with Gasteiger partial charge in [-0.1, -0.05) is 25.1 Å². The van der Waals surface area contributed by atoms with Crippen LogP contribution >= 0.6 is 0 Å². The molecule has 0 aliphatic carbocycles. The van der Waals surface area contributed by atoms with E-state index < -0.39 is 0 Å². The number of rotatable bonds is 6. The first-order valence-electron chi connectivity index (χ1n) is 10.1. The van der Waals surface area contributed by atoms with Gasteiger partial charge in [0, 0.05) is 12.2 Å². The Bertz CT molecular complexity index is 856. The molecule has 1 aliphatic heterocycles. The van der Waals surface area contributed by atoms with Gasteiger partial charge in [0.25, 0.3) is 5.91 Å². The van der Waals surface area contributed by atoms with Crippen LogP contribution < -0.4 is 15.4 Å². The summed E-state index contributed by atoms with van der Waals surface area (Å²) in [5.41, 5.74) is 3.61. The number of ether oxygens (including phenoxy) is 2. The zero-order valence-corrected chi connectivity index (χ0v) is 17.3. The Kier molecular flexibility index (Phi) is 7.25. The number of amides is 1. The first kappa shape index (κ1) is 20.9. The largest absolute Gasteiger partial charge is 0.495 e. The van der Waals surface area contributed by atoms with Gasteiger partial charge in [0.2, 0.25) is 5.96 Å². The Labute approximate surface area is 172 Å². The number of carbonyl (C=O) groups is 1. The number of guanidine groups is 1. The lowest BCUT2D eigenvalue weighted by Crippen LogP contribution is -2.37. The van der Waals surface area contributed by atoms with Gasteiger partial charge in [0.15, 0.2) is 0 Å². The Balaban J connectivity index is 1.79. The highest BCUT2D eigenvalue weighted by molar-refractivity contribution is 6.10. The van der Waals surface area contributed by atoms with E-state index in [2.05, 4.69) is 22.5 Å². The monoisotopic (exact) mass is 395 g/mol. The standard InChI is InChI=1S/C23H29N3O3/c1-4-17-8-10-18(11-9-17)22(27)26-23(24-15-19-6-5-13-29-19)25-20-14-16(2)7-12-21(20)28-3/h7-12,14,19H,4-6,13,15H2,1-3H3,(H2,24,25,26,27)/t19-/m1/s1. The number of aryl methyl sites for hydroxylation is 2. The predicted octanol–water partition coefficient (Wildman–Crippen LogP) is 3.94. The van der Waals surface area contributed by atoms with Crippen molar-refractivity contribution in [2.75, 3.05) is 25.6 Å². The molecule has 1 saturated heterocycles. The van der Waals surface area contributed by atoms with Crippen molar-refractivity contribution in [3.8, 4) is 5.75 Å². The van der Waals surface area contributed by atoms with Gasteiger partial charge in [0.1, 0.15) is 5.75 Å². The van der Waals surface area contributed by atoms with Gasteiger partial charge >= 0.3 is 0 Å². The second-order valence-electron chi connectivity index (χ2n) is 7.16. The minimum Gasteiger partial charge on any atom is -0.495 e. The summed E-state index contributed by atoms with van der Waals surface area (Å²) in [7, 11) is 1.62. The van der Waals surface area contributed by atoms with Crippen LogP contribution in [0.3, 0.4) is 0 Å². The molecule has 1 amide bonds. The SMILES string of the molecule is CCc1ccc(C(=O)NC(=NC[C@H]2CCCO2)Nc2cc(C)ccc2OC)cc1. The van der Waals surface area contributed by atoms with Crippen molar-refractivity contribution in [2.45, 2.75) is 39.2 Å². The Hall–Kier alpha value is -2.86. The van der Waals surface area contributed by atoms with Crippen LogP contribution in [0.4, 0.5) is 5.69 Å². The molecule has 0 aromatic heterocycles. The highest BCUT2D eigenvalue weighted by Gasteiger charge is 2.17. The van der Waals surface area contributed by atoms with Crippen molar-refractivity contribution >= 4 is 17.6 Å². The second kappa shape index (κ2) is 10.1. The molecule has 2 N–H and O–H groups in total. The van der Waals surface area contributed by atoms with Crippen molar-refractivity contribution in [1.82, 2.24) is 5.32 Å². The summed E-state index contributed by atoms with van der Waals surface area (Å²) in [6.07, 6.45) is 3.05. The topological polar surface area (TPSA) is 72.0 Å². The van der Waals surface area contributed by atoms with Crippen molar-refractivity contribution in [3.05, 3.63) is 59.2 Å². The highest BCUT2D eigenvalue weighted by Crippen LogP contribution is 2.25. The van der Waals surface area contributed by atoms with Crippen LogP contribution in [0.15, 0.2) is 47.5 Å². The number of carbonyl (C=O) groups excluding carboxylic acids is 1. The van der Waals surface area contributed by atoms with Crippen molar-refractivity contribution in [2.24, 2.45) is 4.99 Å². The van der Waals surface area contributed by atoms with E-state index in [0.717, 1.165) is 37.1 Å². The van der Waals surface area contributed by atoms with Gasteiger partial charge in [-0.3, -0.25) is 10.1 Å². The molecule has 0 radical (unpaired) electrons. The summed E-state index contributed by atoms with van der Waals surface area (Å²) >= 11 is 0. The van der Waals surface area contributed by atoms with Crippen LogP contribution in [-0.4, -0.2) is 38.2 Å². The summed E-state index contributed by atoms with van der Waals surface area (Å²) < 4.78 is 11.1. The average molecular weight is 396 g/mol. The van der Waals surface area contributed by atoms with Crippen LogP contribution in [0.1, 0.15) is 41.3 Å². The first-order valence-corrected chi connectivity index (χ1v) is 10.1. The summed E-state index contributed by atoms with van der Waals surface area (Å²) in [4.78, 5) is 17.4. The Morgan fingerprint density at radius 3 is 2.69 bits per heavy atom. The smallest absolute Gasteiger partial charge is 0.257 e. The van der Waals surface area contributed by atoms with Crippen LogP contribution in [0.2, 0.25) is 0 Å². The molecule has 0 spiro atoms. The molecule has 1 aliphatic rings. The molecule has 6 heteroatoms. The number of benzene rings is 2. The summed E-state index contributed by atoms with van der Waals surface area (Å²) in [5, 5.41) is 6.13. The third-order valence-corrected chi connectivity index (χ3v) is 4.94. The normalized spacial score (nSPS) is 16.5. The molecule has 29 heavy (non-hydrogen) atoms. The Morgan fingerprint density at radius 2 is 2.03 bits per heavy atom. The number of anilines is 1. The second-order valence-corrected chi connectivity index (χ2v) is 7.16. The average Bonchev–Trinajstić information content (AvgIpc) is 3.26. The predicted molar refractivity (Wildman–Crippen MR) is 116 cm³/mol. The highest BCUT2D eigenvalue weighted by atomic mass is 16.5. The molecule has 1 atom stereocenters. The van der Waals surface area contributed by atoms with E-state index in [0.29, 0.717) is 23.8 Å². The zero-order chi connectivity index (χ0) is 20.6. The van der Waals surface area contributed by atoms with Gasteiger partial charge < -0.3 is 14.8 Å². The molecule has 3 rings (SSSR count). The molecule has 0 bridgehead atoms. The lowest BCUT2D eigenvalue weighted by molar-refractivity contribution is 0.0975. The number of nitrogens with one attached hydrogen (secondary N) is 2. The third kappa shape index (κ3) is 5.81. The van der Waals surface area contributed by atoms with Crippen molar-refractivity contribution in [3.63, 3.8) is 0 Å². The van der Waals surface area contributed by atoms with E-state index in [1.54, 1.807) is 7.11 Å². The number of hydrogen-bond donors (Lipinski definition) is 2. The van der Waals surface area contributed by atoms with Crippen LogP contribution in [0.25, 0.3) is 0 Å². The minimum atomic E-state index is -0.210. The van der Waals surface area contributed by atoms with E-state index in [1.165, 1.54) is 5.56 Å². The number of nitrogens with zero attached hydrogens (tertiary/aromatic N) is 1. The molecule has 6 nitrogen and oxygen atoms in total. The van der Waals surface area contributed by atoms with Gasteiger partial charge in [-0.15, -0.1) is 0 Å². The van der Waals surface area contributed by atoms with Crippen LogP contribution in [-0.2, 0) is 11.2 Å². The molecule has 2 aromatic carbocycles. The fraction of sp³-hybridized carbons (Fsp3) is 0.391. The van der Waals surface area contributed by atoms with Gasteiger partial charge in [-0.05, 0) is 61.6 Å². The molecular formula is C23H29N3O3. The van der Waals surface area contributed by atoms with E-state index in [9.17, 15) is 4.79 Å². The van der Waals surface area contributed by atoms with E-state index >= 15 is 0 Å². The molecule has 2 aromatic rings. The molecule has 0 saturated carbocycles. The van der Waals surface area contributed by atoms with E-state index in [4.69, 9.17) is 9.47 Å². The molecule has 154 valence electrons. The quantitative estimate of drug-likeness (QED) is 0.574. The molecule has 0 unspecified atom stereocenters. The maximum absolute atomic E-state index is 12.8. The third-order valence-electron chi connectivity index (χ3n) is 4.94. The number of methoxy groups -OCH3 is 1. The van der Waals surface area contributed by atoms with Crippen LogP contribution in [0.5, 0.6) is 5.75 Å². The zero-order valence-electron chi connectivity index (χ0n) is 17.3. The lowest BCUT2D eigenvalue weighted by atomic mass is 10.1. The van der Waals surface area contributed by atoms with Crippen molar-refractivity contribution < 1.29 is 14.3 Å². The fourth-order valence-electron chi connectivity index (χ4n) is 3.21. The fourth-order valence-corrected chi connectivity index (χ4v) is 3.21. The van der Waals surface area contributed by atoms with Gasteiger partial charge in [-0.25, -0.2) is 4.99 Å². The number of hydrogen-bond acceptors (Lipinski definition) is 4. The summed E-state index contributed by atoms with van der Waals surface area (Å²) in [6, 6.07) is 13.4. The molecular weight excluding hydrogens is 366 g/mol. The van der Waals surface area contributed by atoms with Gasteiger partial charge in [-0.2, -0.15) is 0 Å². The van der Waals surface area contributed by atoms with E-state index in [1.807, 2.05) is 49.4 Å². The number of aliphatic imine (C=N–C) groups is 1. The summed E-state index contributed by atoms with van der Waals surface area (Å²) in [6.45, 7) is 5.35. The maximum atomic E-state index is 12.8. The molecule has 1 fully saturated rings. The van der Waals surface area contributed by atoms with Crippen LogP contribution in [0, 0.1) is 6.92 Å². The Morgan fingerprint density at radius 1 is 1.24 bits per heavy atom. The summed E-state index contributed by atoms with van der Waals surface area (Å²) in [5.74, 6) is 0.855. The lowest BCUT2D eigenvalue weighted by Gasteiger charge is -2.16. The molecule has 1 heterocycles. The minimum absolute atomic E-state index is 0.0898. The van der Waals surface area contributed by atoms with Crippen molar-refractivity contribution in [1.29, 1.82) is 0 Å². The van der Waals surface area contributed by atoms with E-state index in [-0.39, 0.29) is 12.0 Å².